The molecule has 5 rings (SSSR count). The van der Waals surface area contributed by atoms with E-state index in [0.29, 0.717) is 0 Å². The van der Waals surface area contributed by atoms with Crippen LogP contribution in [0.3, 0.4) is 0 Å². The molecule has 0 bridgehead atoms. The lowest BCUT2D eigenvalue weighted by molar-refractivity contribution is 0.120. The Balaban J connectivity index is 1.13. The summed E-state index contributed by atoms with van der Waals surface area (Å²) in [5, 5.41) is 6.40. The van der Waals surface area contributed by atoms with Gasteiger partial charge in [-0.3, -0.25) is 9.80 Å². The molecule has 7 heteroatoms. The van der Waals surface area contributed by atoms with Crippen LogP contribution in [-0.4, -0.2) is 45.9 Å². The minimum absolute atomic E-state index is 0.851. The van der Waals surface area contributed by atoms with Crippen molar-refractivity contribution in [1.29, 1.82) is 0 Å². The van der Waals surface area contributed by atoms with Crippen molar-refractivity contribution in [2.24, 2.45) is 0 Å². The van der Waals surface area contributed by atoms with Crippen LogP contribution in [0.2, 0.25) is 0 Å². The molecule has 29 heavy (non-hydrogen) atoms. The van der Waals surface area contributed by atoms with Crippen molar-refractivity contribution >= 4 is 22.7 Å². The first-order valence-corrected chi connectivity index (χ1v) is 11.5. The van der Waals surface area contributed by atoms with Crippen molar-refractivity contribution in [2.75, 3.05) is 26.2 Å². The van der Waals surface area contributed by atoms with Gasteiger partial charge in [-0.25, -0.2) is 9.97 Å². The van der Waals surface area contributed by atoms with E-state index in [1.807, 2.05) is 18.2 Å². The van der Waals surface area contributed by atoms with Gasteiger partial charge in [-0.1, -0.05) is 30.3 Å². The molecule has 5 nitrogen and oxygen atoms in total. The number of hydrogen-bond donors (Lipinski definition) is 0. The number of hydrogen-bond acceptors (Lipinski definition) is 7. The van der Waals surface area contributed by atoms with Gasteiger partial charge in [-0.2, -0.15) is 0 Å². The van der Waals surface area contributed by atoms with Gasteiger partial charge >= 0.3 is 0 Å². The van der Waals surface area contributed by atoms with E-state index in [4.69, 9.17) is 14.4 Å². The molecular formula is C22H22N4OS2. The third-order valence-electron chi connectivity index (χ3n) is 5.09. The highest BCUT2D eigenvalue weighted by molar-refractivity contribution is 7.13. The number of benzene rings is 1. The Kier molecular flexibility index (Phi) is 5.53. The summed E-state index contributed by atoms with van der Waals surface area (Å²) in [5.41, 5.74) is 3.50. The summed E-state index contributed by atoms with van der Waals surface area (Å²) in [6.45, 7) is 6.07. The second kappa shape index (κ2) is 8.59. The standard InChI is InChI=1S/C22H22N4OS2/c1-2-5-17(6-3-1)21-23-18(15-28-21)13-25-8-10-26(11-9-25)14-19-16-29-22(24-19)20-7-4-12-27-20/h1-7,12,15-16H,8-11,13-14H2. The molecule has 0 N–H and O–H groups in total. The van der Waals surface area contributed by atoms with Crippen molar-refractivity contribution in [3.63, 3.8) is 0 Å². The Morgan fingerprint density at radius 3 is 2.00 bits per heavy atom. The molecule has 0 saturated carbocycles. The van der Waals surface area contributed by atoms with Gasteiger partial charge in [0.05, 0.1) is 17.7 Å². The van der Waals surface area contributed by atoms with E-state index >= 15 is 0 Å². The first kappa shape index (κ1) is 18.7. The lowest BCUT2D eigenvalue weighted by atomic mass is 10.2. The molecule has 1 aromatic carbocycles. The van der Waals surface area contributed by atoms with Gasteiger partial charge < -0.3 is 4.42 Å². The van der Waals surface area contributed by atoms with Crippen molar-refractivity contribution < 1.29 is 4.42 Å². The van der Waals surface area contributed by atoms with Crippen molar-refractivity contribution in [2.45, 2.75) is 13.1 Å². The first-order chi connectivity index (χ1) is 14.3. The third-order valence-corrected chi connectivity index (χ3v) is 6.94. The van der Waals surface area contributed by atoms with Crippen LogP contribution in [0, 0.1) is 0 Å². The summed E-state index contributed by atoms with van der Waals surface area (Å²) in [5.74, 6) is 0.851. The molecule has 4 heterocycles. The van der Waals surface area contributed by atoms with E-state index in [0.717, 1.165) is 60.7 Å². The Bertz CT molecular complexity index is 1030. The summed E-state index contributed by atoms with van der Waals surface area (Å²) >= 11 is 3.38. The quantitative estimate of drug-likeness (QED) is 0.445. The number of rotatable bonds is 6. The summed E-state index contributed by atoms with van der Waals surface area (Å²) < 4.78 is 5.45. The highest BCUT2D eigenvalue weighted by atomic mass is 32.1. The Hall–Kier alpha value is -2.32. The van der Waals surface area contributed by atoms with Gasteiger partial charge in [0, 0.05) is 55.6 Å². The fourth-order valence-electron chi connectivity index (χ4n) is 3.55. The SMILES string of the molecule is c1ccc(-c2nc(CN3CCN(Cc4csc(-c5ccco5)n4)CC3)cs2)cc1. The van der Waals surface area contributed by atoms with Crippen LogP contribution in [0.5, 0.6) is 0 Å². The molecular weight excluding hydrogens is 400 g/mol. The molecule has 0 atom stereocenters. The van der Waals surface area contributed by atoms with Crippen LogP contribution in [0.4, 0.5) is 0 Å². The molecule has 1 fully saturated rings. The predicted molar refractivity (Wildman–Crippen MR) is 118 cm³/mol. The fraction of sp³-hybridized carbons (Fsp3) is 0.273. The van der Waals surface area contributed by atoms with Crippen LogP contribution in [-0.2, 0) is 13.1 Å². The molecule has 0 unspecified atom stereocenters. The summed E-state index contributed by atoms with van der Waals surface area (Å²) in [6, 6.07) is 14.3. The Morgan fingerprint density at radius 1 is 0.759 bits per heavy atom. The van der Waals surface area contributed by atoms with Gasteiger partial charge in [-0.15, -0.1) is 22.7 Å². The van der Waals surface area contributed by atoms with Gasteiger partial charge in [0.2, 0.25) is 0 Å². The summed E-state index contributed by atoms with van der Waals surface area (Å²) in [4.78, 5) is 14.5. The van der Waals surface area contributed by atoms with Crippen LogP contribution in [0.25, 0.3) is 21.3 Å². The zero-order valence-corrected chi connectivity index (χ0v) is 17.7. The summed E-state index contributed by atoms with van der Waals surface area (Å²) in [6.07, 6.45) is 1.70. The van der Waals surface area contributed by atoms with E-state index in [9.17, 15) is 0 Å². The van der Waals surface area contributed by atoms with Crippen molar-refractivity contribution in [3.8, 4) is 21.3 Å². The van der Waals surface area contributed by atoms with E-state index in [-0.39, 0.29) is 0 Å². The normalized spacial score (nSPS) is 15.7. The van der Waals surface area contributed by atoms with Gasteiger partial charge in [-0.05, 0) is 12.1 Å². The second-order valence-corrected chi connectivity index (χ2v) is 8.90. The topological polar surface area (TPSA) is 45.4 Å². The number of furan rings is 1. The highest BCUT2D eigenvalue weighted by Gasteiger charge is 2.19. The fourth-order valence-corrected chi connectivity index (χ4v) is 5.14. The number of aromatic nitrogens is 2. The molecule has 3 aromatic heterocycles. The molecule has 0 spiro atoms. The molecule has 1 aliphatic rings. The minimum Gasteiger partial charge on any atom is -0.462 e. The Labute approximate surface area is 178 Å². The number of nitrogens with zero attached hydrogens (tertiary/aromatic N) is 4. The Morgan fingerprint density at radius 2 is 1.38 bits per heavy atom. The van der Waals surface area contributed by atoms with Crippen LogP contribution in [0.1, 0.15) is 11.4 Å². The average Bonchev–Trinajstić information content (AvgIpc) is 3.52. The minimum atomic E-state index is 0.851. The zero-order chi connectivity index (χ0) is 19.5. The van der Waals surface area contributed by atoms with E-state index in [2.05, 4.69) is 44.8 Å². The molecule has 1 saturated heterocycles. The summed E-state index contributed by atoms with van der Waals surface area (Å²) in [7, 11) is 0. The van der Waals surface area contributed by atoms with E-state index in [1.54, 1.807) is 28.9 Å². The van der Waals surface area contributed by atoms with Gasteiger partial charge in [0.1, 0.15) is 5.01 Å². The van der Waals surface area contributed by atoms with E-state index in [1.165, 1.54) is 11.3 Å². The molecule has 1 aliphatic heterocycles. The molecule has 0 aliphatic carbocycles. The third kappa shape index (κ3) is 4.48. The smallest absolute Gasteiger partial charge is 0.162 e. The first-order valence-electron chi connectivity index (χ1n) is 9.76. The van der Waals surface area contributed by atoms with Crippen molar-refractivity contribution in [3.05, 3.63) is 70.9 Å². The maximum Gasteiger partial charge on any atom is 0.162 e. The second-order valence-electron chi connectivity index (χ2n) is 7.18. The molecule has 148 valence electrons. The van der Waals surface area contributed by atoms with Gasteiger partial charge in [0.25, 0.3) is 0 Å². The van der Waals surface area contributed by atoms with Crippen molar-refractivity contribution in [1.82, 2.24) is 19.8 Å². The predicted octanol–water partition coefficient (Wildman–Crippen LogP) is 4.84. The average molecular weight is 423 g/mol. The molecule has 0 amide bonds. The molecule has 4 aromatic rings. The monoisotopic (exact) mass is 422 g/mol. The van der Waals surface area contributed by atoms with E-state index < -0.39 is 0 Å². The molecule has 0 radical (unpaired) electrons. The highest BCUT2D eigenvalue weighted by Crippen LogP contribution is 2.26. The number of thiazole rings is 2. The lowest BCUT2D eigenvalue weighted by Gasteiger charge is -2.33. The number of piperazine rings is 1. The maximum absolute atomic E-state index is 5.45. The maximum atomic E-state index is 5.45. The van der Waals surface area contributed by atoms with Crippen LogP contribution >= 0.6 is 22.7 Å². The lowest BCUT2D eigenvalue weighted by Crippen LogP contribution is -2.45. The van der Waals surface area contributed by atoms with Crippen LogP contribution < -0.4 is 0 Å². The van der Waals surface area contributed by atoms with Gasteiger partial charge in [0.15, 0.2) is 10.8 Å². The van der Waals surface area contributed by atoms with Crippen LogP contribution in [0.15, 0.2) is 63.9 Å². The zero-order valence-electron chi connectivity index (χ0n) is 16.0. The largest absolute Gasteiger partial charge is 0.462 e.